The number of rotatable bonds is 14. The Morgan fingerprint density at radius 1 is 1.22 bits per heavy atom. The first-order valence-corrected chi connectivity index (χ1v) is 13.9. The molecule has 1 fully saturated rings. The van der Waals surface area contributed by atoms with Gasteiger partial charge in [0, 0.05) is 26.9 Å². The van der Waals surface area contributed by atoms with Crippen LogP contribution in [0.1, 0.15) is 37.6 Å². The summed E-state index contributed by atoms with van der Waals surface area (Å²) in [5.41, 5.74) is 0.549. The van der Waals surface area contributed by atoms with Gasteiger partial charge in [0.2, 0.25) is 10.0 Å². The van der Waals surface area contributed by atoms with Gasteiger partial charge in [0.15, 0.2) is 5.82 Å². The van der Waals surface area contributed by atoms with Gasteiger partial charge in [-0.15, -0.1) is 0 Å². The zero-order valence-corrected chi connectivity index (χ0v) is 22.9. The molecular formula is C26H38N4O6S. The number of methoxy groups -OCH3 is 1. The molecule has 4 atom stereocenters. The van der Waals surface area contributed by atoms with E-state index in [2.05, 4.69) is 22.5 Å². The van der Waals surface area contributed by atoms with Crippen LogP contribution in [0, 0.1) is 11.8 Å². The lowest BCUT2D eigenvalue weighted by Crippen LogP contribution is -2.49. The first-order valence-electron chi connectivity index (χ1n) is 12.4. The highest BCUT2D eigenvalue weighted by molar-refractivity contribution is 7.93. The third kappa shape index (κ3) is 7.33. The van der Waals surface area contributed by atoms with E-state index in [-0.39, 0.29) is 24.6 Å². The van der Waals surface area contributed by atoms with E-state index in [4.69, 9.17) is 9.47 Å². The van der Waals surface area contributed by atoms with Crippen LogP contribution in [0.4, 0.5) is 11.5 Å². The van der Waals surface area contributed by atoms with Crippen LogP contribution < -0.4 is 19.7 Å². The van der Waals surface area contributed by atoms with Gasteiger partial charge in [-0.2, -0.15) is 0 Å². The van der Waals surface area contributed by atoms with Crippen molar-refractivity contribution in [3.8, 4) is 5.75 Å². The number of aromatic nitrogens is 1. The maximum atomic E-state index is 13.5. The molecule has 0 spiro atoms. The zero-order valence-electron chi connectivity index (χ0n) is 22.0. The van der Waals surface area contributed by atoms with Gasteiger partial charge < -0.3 is 25.2 Å². The number of para-hydroxylation sites is 1. The molecule has 3 rings (SSSR count). The normalized spacial score (nSPS) is 18.7. The number of nitrogens with one attached hydrogen (secondary N) is 2. The number of sulfonamides is 1. The number of carbonyl (C=O) groups is 1. The summed E-state index contributed by atoms with van der Waals surface area (Å²) in [5, 5.41) is 16.1. The maximum Gasteiger partial charge on any atom is 0.254 e. The van der Waals surface area contributed by atoms with E-state index < -0.39 is 33.3 Å². The highest BCUT2D eigenvalue weighted by Gasteiger charge is 2.34. The summed E-state index contributed by atoms with van der Waals surface area (Å²) in [6.45, 7) is 5.91. The molecule has 1 aromatic carbocycles. The quantitative estimate of drug-likeness (QED) is 0.337. The van der Waals surface area contributed by atoms with Crippen LogP contribution in [0.25, 0.3) is 0 Å². The topological polar surface area (TPSA) is 130 Å². The minimum Gasteiger partial charge on any atom is -0.491 e. The van der Waals surface area contributed by atoms with E-state index in [9.17, 15) is 18.3 Å². The molecule has 0 saturated heterocycles. The van der Waals surface area contributed by atoms with Crippen molar-refractivity contribution in [1.29, 1.82) is 0 Å². The highest BCUT2D eigenvalue weighted by atomic mass is 32.2. The fraction of sp³-hybridized carbons (Fsp3) is 0.538. The standard InChI is InChI=1S/C26H38N4O6S/c1-17(2)37(33,34)30(4)25-24(28-14-19-13-18(19)3)21(11-12-27-25)26(32)29-22(23(31)16-35-5)15-36-20-9-7-6-8-10-20/h6-12,17-19,22-23,28,31H,13-16H2,1-5H3,(H,29,32)/t18?,19?,22?,23-/m0/s1. The zero-order chi connectivity index (χ0) is 27.2. The third-order valence-corrected chi connectivity index (χ3v) is 8.69. The molecule has 11 heteroatoms. The molecule has 37 heavy (non-hydrogen) atoms. The van der Waals surface area contributed by atoms with Crippen LogP contribution in [0.3, 0.4) is 0 Å². The number of amides is 1. The Morgan fingerprint density at radius 2 is 1.89 bits per heavy atom. The minimum atomic E-state index is -3.69. The molecule has 1 amide bonds. The lowest BCUT2D eigenvalue weighted by Gasteiger charge is -2.27. The van der Waals surface area contributed by atoms with Gasteiger partial charge in [-0.05, 0) is 50.3 Å². The van der Waals surface area contributed by atoms with E-state index in [0.717, 1.165) is 10.7 Å². The molecule has 0 radical (unpaired) electrons. The Bertz CT molecular complexity index is 1150. The second kappa shape index (κ2) is 12.6. The van der Waals surface area contributed by atoms with E-state index in [1.165, 1.54) is 26.4 Å². The van der Waals surface area contributed by atoms with Crippen LogP contribution in [0.15, 0.2) is 42.6 Å². The second-order valence-corrected chi connectivity index (χ2v) is 12.2. The van der Waals surface area contributed by atoms with Gasteiger partial charge in [0.1, 0.15) is 18.5 Å². The Labute approximate surface area is 219 Å². The van der Waals surface area contributed by atoms with Gasteiger partial charge in [0.05, 0.1) is 29.1 Å². The van der Waals surface area contributed by atoms with Crippen molar-refractivity contribution < 1.29 is 27.8 Å². The summed E-state index contributed by atoms with van der Waals surface area (Å²) in [6, 6.07) is 9.81. The largest absolute Gasteiger partial charge is 0.491 e. The summed E-state index contributed by atoms with van der Waals surface area (Å²) >= 11 is 0. The van der Waals surface area contributed by atoms with Crippen molar-refractivity contribution >= 4 is 27.4 Å². The molecule has 3 N–H and O–H groups in total. The number of aliphatic hydroxyl groups excluding tert-OH is 1. The Kier molecular flexibility index (Phi) is 9.74. The van der Waals surface area contributed by atoms with Crippen LogP contribution >= 0.6 is 0 Å². The molecule has 0 aliphatic heterocycles. The van der Waals surface area contributed by atoms with E-state index in [1.807, 2.05) is 18.2 Å². The third-order valence-electron chi connectivity index (χ3n) is 6.56. The predicted molar refractivity (Wildman–Crippen MR) is 144 cm³/mol. The van der Waals surface area contributed by atoms with Crippen molar-refractivity contribution in [3.63, 3.8) is 0 Å². The van der Waals surface area contributed by atoms with Gasteiger partial charge in [0.25, 0.3) is 5.91 Å². The van der Waals surface area contributed by atoms with Crippen LogP contribution in [-0.4, -0.2) is 75.7 Å². The average Bonchev–Trinajstić information content (AvgIpc) is 3.59. The molecule has 1 saturated carbocycles. The van der Waals surface area contributed by atoms with Crippen molar-refractivity contribution in [3.05, 3.63) is 48.2 Å². The van der Waals surface area contributed by atoms with E-state index >= 15 is 0 Å². The molecule has 1 aliphatic carbocycles. The summed E-state index contributed by atoms with van der Waals surface area (Å²) in [4.78, 5) is 17.8. The van der Waals surface area contributed by atoms with Gasteiger partial charge in [-0.25, -0.2) is 13.4 Å². The smallest absolute Gasteiger partial charge is 0.254 e. The van der Waals surface area contributed by atoms with Crippen LogP contribution in [0.2, 0.25) is 0 Å². The molecule has 10 nitrogen and oxygen atoms in total. The van der Waals surface area contributed by atoms with Crippen molar-refractivity contribution in [2.45, 2.75) is 44.6 Å². The molecule has 3 unspecified atom stereocenters. The summed E-state index contributed by atoms with van der Waals surface area (Å²) in [5.74, 6) is 1.24. The van der Waals surface area contributed by atoms with Crippen LogP contribution in [-0.2, 0) is 14.8 Å². The van der Waals surface area contributed by atoms with Gasteiger partial charge in [-0.1, -0.05) is 25.1 Å². The molecule has 1 aliphatic rings. The number of benzene rings is 1. The number of anilines is 2. The average molecular weight is 535 g/mol. The van der Waals surface area contributed by atoms with Crippen molar-refractivity contribution in [2.24, 2.45) is 11.8 Å². The Hall–Kier alpha value is -2.89. The van der Waals surface area contributed by atoms with Gasteiger partial charge in [-0.3, -0.25) is 9.10 Å². The molecule has 204 valence electrons. The summed E-state index contributed by atoms with van der Waals surface area (Å²) in [7, 11) is -0.796. The fourth-order valence-electron chi connectivity index (χ4n) is 3.89. The maximum absolute atomic E-state index is 13.5. The number of hydrogen-bond donors (Lipinski definition) is 3. The number of nitrogens with zero attached hydrogens (tertiary/aromatic N) is 2. The molecule has 1 heterocycles. The number of ether oxygens (including phenoxy) is 2. The summed E-state index contributed by atoms with van der Waals surface area (Å²) < 4.78 is 37.8. The van der Waals surface area contributed by atoms with Crippen molar-refractivity contribution in [1.82, 2.24) is 10.3 Å². The minimum absolute atomic E-state index is 0.00219. The van der Waals surface area contributed by atoms with Crippen LogP contribution in [0.5, 0.6) is 5.75 Å². The number of aliphatic hydroxyl groups is 1. The molecule has 2 aromatic rings. The van der Waals surface area contributed by atoms with Gasteiger partial charge >= 0.3 is 0 Å². The number of hydrogen-bond acceptors (Lipinski definition) is 8. The van der Waals surface area contributed by atoms with E-state index in [0.29, 0.717) is 29.8 Å². The first kappa shape index (κ1) is 28.7. The SMILES string of the molecule is COC[C@H](O)C(COc1ccccc1)NC(=O)c1ccnc(N(C)S(=O)(=O)C(C)C)c1NCC1CC1C. The number of pyridine rings is 1. The number of carbonyl (C=O) groups excluding carboxylic acids is 1. The van der Waals surface area contributed by atoms with E-state index in [1.54, 1.807) is 26.0 Å². The highest BCUT2D eigenvalue weighted by Crippen LogP contribution is 2.39. The second-order valence-electron chi connectivity index (χ2n) is 9.70. The lowest BCUT2D eigenvalue weighted by molar-refractivity contribution is 0.0251. The first-order chi connectivity index (χ1) is 17.6. The summed E-state index contributed by atoms with van der Waals surface area (Å²) in [6.07, 6.45) is 1.43. The molecule has 1 aromatic heterocycles. The fourth-order valence-corrected chi connectivity index (χ4v) is 4.90. The Morgan fingerprint density at radius 3 is 2.49 bits per heavy atom. The Balaban J connectivity index is 1.89. The monoisotopic (exact) mass is 534 g/mol. The lowest BCUT2D eigenvalue weighted by atomic mass is 10.1. The molecule has 0 bridgehead atoms. The predicted octanol–water partition coefficient (Wildman–Crippen LogP) is 2.51. The molecular weight excluding hydrogens is 496 g/mol. The van der Waals surface area contributed by atoms with Crippen molar-refractivity contribution in [2.75, 3.05) is 43.5 Å².